The molecule has 1 N–H and O–H groups in total. The molecule has 1 rings (SSSR count). The van der Waals surface area contributed by atoms with E-state index in [2.05, 4.69) is 0 Å². The summed E-state index contributed by atoms with van der Waals surface area (Å²) >= 11 is 1.67. The Labute approximate surface area is 90.2 Å². The van der Waals surface area contributed by atoms with Gasteiger partial charge in [0.1, 0.15) is 0 Å². The molecular weight excluding hydrogens is 195 g/mol. The Morgan fingerprint density at radius 3 is 2.43 bits per heavy atom. The molecule has 0 atom stereocenters. The summed E-state index contributed by atoms with van der Waals surface area (Å²) in [5.41, 5.74) is -1.36. The van der Waals surface area contributed by atoms with Crippen molar-refractivity contribution in [2.75, 3.05) is 0 Å². The van der Waals surface area contributed by atoms with Gasteiger partial charge in [0, 0.05) is 4.78 Å². The highest BCUT2D eigenvalue weighted by molar-refractivity contribution is 7.19. The van der Waals surface area contributed by atoms with E-state index in [1.165, 1.54) is 4.78 Å². The Balaban J connectivity index is 2.53. The maximum absolute atomic E-state index is 9.85. The van der Waals surface area contributed by atoms with E-state index in [0.29, 0.717) is 7.48 Å². The van der Waals surface area contributed by atoms with Crippen molar-refractivity contribution in [1.82, 2.24) is 0 Å². The third-order valence-electron chi connectivity index (χ3n) is 2.63. The summed E-state index contributed by atoms with van der Waals surface area (Å²) in [6.07, 6.45) is 0. The van der Waals surface area contributed by atoms with E-state index in [9.17, 15) is 5.11 Å². The van der Waals surface area contributed by atoms with Crippen LogP contribution in [0.1, 0.15) is 27.7 Å². The van der Waals surface area contributed by atoms with Gasteiger partial charge >= 0.3 is 7.48 Å². The number of hydrogen-bond donors (Lipinski definition) is 1. The molecule has 0 saturated carbocycles. The number of thiophene rings is 1. The molecule has 0 spiro atoms. The largest absolute Gasteiger partial charge is 0.426 e. The van der Waals surface area contributed by atoms with Crippen molar-refractivity contribution in [3.8, 4) is 0 Å². The van der Waals surface area contributed by atoms with Crippen LogP contribution in [0.5, 0.6) is 0 Å². The minimum absolute atomic E-state index is 0.531. The van der Waals surface area contributed by atoms with Crippen LogP contribution in [0.15, 0.2) is 17.5 Å². The Bertz CT molecular complexity index is 275. The highest BCUT2D eigenvalue weighted by Gasteiger charge is 2.35. The van der Waals surface area contributed by atoms with E-state index >= 15 is 0 Å². The van der Waals surface area contributed by atoms with Crippen LogP contribution in [0.4, 0.5) is 0 Å². The van der Waals surface area contributed by atoms with Gasteiger partial charge in [-0.25, -0.2) is 0 Å². The lowest BCUT2D eigenvalue weighted by molar-refractivity contribution is -0.0892. The molecule has 0 radical (unpaired) electrons. The summed E-state index contributed by atoms with van der Waals surface area (Å²) in [6.45, 7) is 7.34. The molecule has 1 heterocycles. The molecule has 0 amide bonds. The molecule has 4 heteroatoms. The summed E-state index contributed by atoms with van der Waals surface area (Å²) in [6, 6.07) is 4.03. The van der Waals surface area contributed by atoms with E-state index in [4.69, 9.17) is 4.65 Å². The maximum Gasteiger partial charge on any atom is 0.319 e. The Morgan fingerprint density at radius 2 is 2.00 bits per heavy atom. The molecule has 0 bridgehead atoms. The Morgan fingerprint density at radius 1 is 1.36 bits per heavy atom. The van der Waals surface area contributed by atoms with Gasteiger partial charge in [0.25, 0.3) is 0 Å². The van der Waals surface area contributed by atoms with Crippen molar-refractivity contribution in [2.45, 2.75) is 38.9 Å². The lowest BCUT2D eigenvalue weighted by Crippen LogP contribution is -2.49. The lowest BCUT2D eigenvalue weighted by Gasteiger charge is -2.37. The van der Waals surface area contributed by atoms with Crippen molar-refractivity contribution in [3.63, 3.8) is 0 Å². The van der Waals surface area contributed by atoms with Gasteiger partial charge in [0.2, 0.25) is 0 Å². The van der Waals surface area contributed by atoms with Gasteiger partial charge in [-0.2, -0.15) is 11.3 Å². The summed E-state index contributed by atoms with van der Waals surface area (Å²) in [5, 5.41) is 11.9. The van der Waals surface area contributed by atoms with Crippen LogP contribution < -0.4 is 4.78 Å². The summed E-state index contributed by atoms with van der Waals surface area (Å²) in [7, 11) is 0.564. The predicted octanol–water partition coefficient (Wildman–Crippen LogP) is 1.29. The average Bonchev–Trinajstić information content (AvgIpc) is 2.50. The summed E-state index contributed by atoms with van der Waals surface area (Å²) in [4.78, 5) is 0. The van der Waals surface area contributed by atoms with Crippen LogP contribution in [0.25, 0.3) is 0 Å². The lowest BCUT2D eigenvalue weighted by atomic mass is 9.86. The monoisotopic (exact) mass is 212 g/mol. The molecule has 0 saturated heterocycles. The van der Waals surface area contributed by atoms with E-state index in [1.807, 2.05) is 31.4 Å². The summed E-state index contributed by atoms with van der Waals surface area (Å²) < 4.78 is 6.88. The molecule has 1 aromatic rings. The van der Waals surface area contributed by atoms with Gasteiger partial charge in [0.05, 0.1) is 11.2 Å². The van der Waals surface area contributed by atoms with Gasteiger partial charge in [-0.15, -0.1) is 0 Å². The highest BCUT2D eigenvalue weighted by atomic mass is 32.1. The second-order valence-electron chi connectivity index (χ2n) is 4.44. The predicted molar refractivity (Wildman–Crippen MR) is 62.6 cm³/mol. The van der Waals surface area contributed by atoms with E-state index < -0.39 is 11.2 Å². The van der Waals surface area contributed by atoms with E-state index in [1.54, 1.807) is 25.2 Å². The van der Waals surface area contributed by atoms with Crippen LogP contribution in [-0.2, 0) is 4.65 Å². The molecule has 0 unspecified atom stereocenters. The highest BCUT2D eigenvalue weighted by Crippen LogP contribution is 2.24. The fraction of sp³-hybridized carbons (Fsp3) is 0.600. The minimum atomic E-state index is -0.829. The second kappa shape index (κ2) is 4.05. The van der Waals surface area contributed by atoms with Gasteiger partial charge in [-0.3, -0.25) is 0 Å². The molecule has 0 aliphatic rings. The molecule has 0 aromatic carbocycles. The fourth-order valence-corrected chi connectivity index (χ4v) is 1.44. The first-order chi connectivity index (χ1) is 6.33. The van der Waals surface area contributed by atoms with Crippen molar-refractivity contribution >= 4 is 23.6 Å². The third kappa shape index (κ3) is 2.84. The second-order valence-corrected chi connectivity index (χ2v) is 5.47. The zero-order chi connectivity index (χ0) is 10.8. The summed E-state index contributed by atoms with van der Waals surface area (Å²) in [5.74, 6) is 0. The van der Waals surface area contributed by atoms with Gasteiger partial charge in [-0.05, 0) is 33.1 Å². The molecule has 0 fully saturated rings. The molecule has 78 valence electrons. The zero-order valence-corrected chi connectivity index (χ0v) is 10.0. The fourth-order valence-electron chi connectivity index (χ4n) is 0.823. The minimum Gasteiger partial charge on any atom is -0.426 e. The topological polar surface area (TPSA) is 29.5 Å². The van der Waals surface area contributed by atoms with Crippen molar-refractivity contribution in [2.24, 2.45) is 0 Å². The molecular formula is C10H17BO2S. The first-order valence-corrected chi connectivity index (χ1v) is 5.59. The smallest absolute Gasteiger partial charge is 0.319 e. The Kier molecular flexibility index (Phi) is 3.40. The first kappa shape index (κ1) is 11.8. The standard InChI is InChI=1S/C10H17BO2S/c1-9(2,12)10(3,4)13-11-8-6-5-7-14-8/h5-7,11-12H,1-4H3. The zero-order valence-electron chi connectivity index (χ0n) is 9.20. The Hall–Kier alpha value is -0.315. The normalized spacial score (nSPS) is 12.9. The van der Waals surface area contributed by atoms with E-state index in [-0.39, 0.29) is 0 Å². The first-order valence-electron chi connectivity index (χ1n) is 4.72. The van der Waals surface area contributed by atoms with Crippen molar-refractivity contribution < 1.29 is 9.76 Å². The van der Waals surface area contributed by atoms with Gasteiger partial charge < -0.3 is 9.76 Å². The number of hydrogen-bond acceptors (Lipinski definition) is 3. The van der Waals surface area contributed by atoms with Crippen molar-refractivity contribution in [3.05, 3.63) is 17.5 Å². The van der Waals surface area contributed by atoms with Crippen LogP contribution in [0.3, 0.4) is 0 Å². The van der Waals surface area contributed by atoms with Gasteiger partial charge in [0.15, 0.2) is 0 Å². The maximum atomic E-state index is 9.85. The molecule has 1 aromatic heterocycles. The third-order valence-corrected chi connectivity index (χ3v) is 3.48. The molecule has 14 heavy (non-hydrogen) atoms. The quantitative estimate of drug-likeness (QED) is 0.762. The van der Waals surface area contributed by atoms with Crippen LogP contribution >= 0.6 is 11.3 Å². The number of rotatable bonds is 4. The number of aliphatic hydroxyl groups is 1. The SMILES string of the molecule is CC(C)(O)C(C)(C)OBc1cccs1. The molecule has 2 nitrogen and oxygen atoms in total. The van der Waals surface area contributed by atoms with Crippen LogP contribution in [0.2, 0.25) is 0 Å². The van der Waals surface area contributed by atoms with Crippen LogP contribution in [0, 0.1) is 0 Å². The van der Waals surface area contributed by atoms with Crippen molar-refractivity contribution in [1.29, 1.82) is 0 Å². The van der Waals surface area contributed by atoms with E-state index in [0.717, 1.165) is 0 Å². The molecule has 0 aliphatic carbocycles. The van der Waals surface area contributed by atoms with Gasteiger partial charge in [-0.1, -0.05) is 12.1 Å². The molecule has 0 aliphatic heterocycles. The average molecular weight is 212 g/mol. The van der Waals surface area contributed by atoms with Crippen LogP contribution in [-0.4, -0.2) is 23.8 Å².